The minimum atomic E-state index is -1.17. The van der Waals surface area contributed by atoms with E-state index in [0.29, 0.717) is 13.1 Å². The summed E-state index contributed by atoms with van der Waals surface area (Å²) >= 11 is 1.80. The van der Waals surface area contributed by atoms with Gasteiger partial charge in [0.2, 0.25) is 0 Å². The van der Waals surface area contributed by atoms with Crippen molar-refractivity contribution in [2.45, 2.75) is 0 Å². The molecule has 1 fully saturated rings. The number of carbonyl (C=O) groups is 2. The van der Waals surface area contributed by atoms with Crippen LogP contribution >= 0.6 is 11.8 Å². The molecule has 1 aliphatic heterocycles. The first-order valence-corrected chi connectivity index (χ1v) is 6.39. The molecule has 0 aromatic carbocycles. The van der Waals surface area contributed by atoms with Crippen molar-refractivity contribution in [1.82, 2.24) is 14.7 Å². The zero-order chi connectivity index (χ0) is 12.4. The molecule has 0 saturated carbocycles. The molecule has 17 heavy (non-hydrogen) atoms. The highest BCUT2D eigenvalue weighted by Crippen LogP contribution is 2.15. The van der Waals surface area contributed by atoms with Gasteiger partial charge in [-0.15, -0.1) is 0 Å². The lowest BCUT2D eigenvalue weighted by atomic mass is 10.2. The number of nitrogens with zero attached hydrogens (tertiary/aromatic N) is 3. The zero-order valence-corrected chi connectivity index (χ0v) is 10.2. The van der Waals surface area contributed by atoms with E-state index in [0.717, 1.165) is 11.5 Å². The summed E-state index contributed by atoms with van der Waals surface area (Å²) in [5.74, 6) is 0.388. The van der Waals surface area contributed by atoms with Gasteiger partial charge in [-0.3, -0.25) is 9.48 Å². The molecule has 1 aliphatic rings. The fourth-order valence-corrected chi connectivity index (χ4v) is 2.64. The standard InChI is InChI=1S/C10H13N3O3S/c1-12-6-7(8(11-12)10(15)16)9(14)13-2-4-17-5-3-13/h6H,2-5H2,1H3,(H,15,16). The first kappa shape index (κ1) is 12.0. The summed E-state index contributed by atoms with van der Waals surface area (Å²) in [5, 5.41) is 12.8. The lowest BCUT2D eigenvalue weighted by molar-refractivity contribution is 0.0672. The van der Waals surface area contributed by atoms with Crippen LogP contribution in [0.5, 0.6) is 0 Å². The fourth-order valence-electron chi connectivity index (χ4n) is 1.74. The van der Waals surface area contributed by atoms with Crippen LogP contribution < -0.4 is 0 Å². The van der Waals surface area contributed by atoms with Crippen LogP contribution in [0.2, 0.25) is 0 Å². The number of carboxylic acid groups (broad SMARTS) is 1. The van der Waals surface area contributed by atoms with Gasteiger partial charge >= 0.3 is 5.97 Å². The lowest BCUT2D eigenvalue weighted by Crippen LogP contribution is -2.38. The molecule has 2 rings (SSSR count). The summed E-state index contributed by atoms with van der Waals surface area (Å²) in [6, 6.07) is 0. The average Bonchev–Trinajstić information content (AvgIpc) is 2.72. The summed E-state index contributed by atoms with van der Waals surface area (Å²) in [7, 11) is 1.61. The largest absolute Gasteiger partial charge is 0.476 e. The molecule has 0 spiro atoms. The molecule has 7 heteroatoms. The molecule has 0 bridgehead atoms. The van der Waals surface area contributed by atoms with Crippen molar-refractivity contribution in [3.8, 4) is 0 Å². The van der Waals surface area contributed by atoms with Crippen LogP contribution in [0.25, 0.3) is 0 Å². The van der Waals surface area contributed by atoms with Crippen LogP contribution in [0.4, 0.5) is 0 Å². The number of aromatic carboxylic acids is 1. The quantitative estimate of drug-likeness (QED) is 0.823. The number of carboxylic acids is 1. The van der Waals surface area contributed by atoms with Crippen LogP contribution in [-0.2, 0) is 7.05 Å². The highest BCUT2D eigenvalue weighted by Gasteiger charge is 2.26. The van der Waals surface area contributed by atoms with Crippen LogP contribution in [0, 0.1) is 0 Å². The summed E-state index contributed by atoms with van der Waals surface area (Å²) in [6.07, 6.45) is 1.47. The molecule has 0 aliphatic carbocycles. The number of rotatable bonds is 2. The Hall–Kier alpha value is -1.50. The molecule has 0 atom stereocenters. The van der Waals surface area contributed by atoms with Gasteiger partial charge in [0.1, 0.15) is 0 Å². The Morgan fingerprint density at radius 1 is 1.41 bits per heavy atom. The average molecular weight is 255 g/mol. The van der Waals surface area contributed by atoms with Gasteiger partial charge in [0.15, 0.2) is 5.69 Å². The normalized spacial score (nSPS) is 15.9. The molecule has 0 radical (unpaired) electrons. The Bertz CT molecular complexity index is 452. The topological polar surface area (TPSA) is 75.4 Å². The summed E-state index contributed by atoms with van der Waals surface area (Å²) in [6.45, 7) is 1.33. The monoisotopic (exact) mass is 255 g/mol. The van der Waals surface area contributed by atoms with E-state index < -0.39 is 5.97 Å². The molecular formula is C10H13N3O3S. The second-order valence-corrected chi connectivity index (χ2v) is 5.00. The lowest BCUT2D eigenvalue weighted by Gasteiger charge is -2.26. The highest BCUT2D eigenvalue weighted by molar-refractivity contribution is 7.99. The number of hydrogen-bond acceptors (Lipinski definition) is 4. The van der Waals surface area contributed by atoms with Crippen molar-refractivity contribution in [3.05, 3.63) is 17.5 Å². The molecule has 1 aromatic rings. The third kappa shape index (κ3) is 2.44. The van der Waals surface area contributed by atoms with Crippen molar-refractivity contribution in [2.24, 2.45) is 7.05 Å². The molecule has 1 N–H and O–H groups in total. The second-order valence-electron chi connectivity index (χ2n) is 3.77. The predicted octanol–water partition coefficient (Wildman–Crippen LogP) is 0.307. The number of thioether (sulfide) groups is 1. The van der Waals surface area contributed by atoms with E-state index in [9.17, 15) is 9.59 Å². The van der Waals surface area contributed by atoms with E-state index in [-0.39, 0.29) is 17.2 Å². The van der Waals surface area contributed by atoms with Gasteiger partial charge in [0.05, 0.1) is 5.56 Å². The van der Waals surface area contributed by atoms with Gasteiger partial charge < -0.3 is 10.0 Å². The van der Waals surface area contributed by atoms with E-state index in [1.807, 2.05) is 0 Å². The number of aromatic nitrogens is 2. The molecule has 2 heterocycles. The molecule has 1 saturated heterocycles. The Kier molecular flexibility index (Phi) is 3.37. The van der Waals surface area contributed by atoms with Crippen LogP contribution in [0.3, 0.4) is 0 Å². The maximum Gasteiger partial charge on any atom is 0.357 e. The van der Waals surface area contributed by atoms with E-state index in [4.69, 9.17) is 5.11 Å². The molecule has 6 nitrogen and oxygen atoms in total. The molecule has 1 aromatic heterocycles. The smallest absolute Gasteiger partial charge is 0.357 e. The van der Waals surface area contributed by atoms with Crippen molar-refractivity contribution < 1.29 is 14.7 Å². The maximum absolute atomic E-state index is 12.1. The Labute approximate surface area is 103 Å². The van der Waals surface area contributed by atoms with Gasteiger partial charge in [-0.2, -0.15) is 16.9 Å². The van der Waals surface area contributed by atoms with E-state index in [1.54, 1.807) is 23.7 Å². The van der Waals surface area contributed by atoms with Gasteiger partial charge in [-0.1, -0.05) is 0 Å². The van der Waals surface area contributed by atoms with Gasteiger partial charge in [-0.05, 0) is 0 Å². The number of carbonyl (C=O) groups excluding carboxylic acids is 1. The van der Waals surface area contributed by atoms with Crippen LogP contribution in [0.15, 0.2) is 6.20 Å². The highest BCUT2D eigenvalue weighted by atomic mass is 32.2. The molecule has 0 unspecified atom stereocenters. The van der Waals surface area contributed by atoms with Gasteiger partial charge in [0.25, 0.3) is 5.91 Å². The molecule has 1 amide bonds. The minimum Gasteiger partial charge on any atom is -0.476 e. The number of hydrogen-bond donors (Lipinski definition) is 1. The van der Waals surface area contributed by atoms with Crippen LogP contribution in [-0.4, -0.2) is 56.3 Å². The third-order valence-corrected chi connectivity index (χ3v) is 3.50. The molecular weight excluding hydrogens is 242 g/mol. The number of amides is 1. The Morgan fingerprint density at radius 3 is 2.65 bits per heavy atom. The summed E-state index contributed by atoms with van der Waals surface area (Å²) in [4.78, 5) is 24.8. The first-order valence-electron chi connectivity index (χ1n) is 5.23. The van der Waals surface area contributed by atoms with Crippen LogP contribution in [0.1, 0.15) is 20.8 Å². The van der Waals surface area contributed by atoms with E-state index in [1.165, 1.54) is 10.9 Å². The summed E-state index contributed by atoms with van der Waals surface area (Å²) in [5.41, 5.74) is 0.00243. The second kappa shape index (κ2) is 4.79. The maximum atomic E-state index is 12.1. The Balaban J connectivity index is 2.26. The van der Waals surface area contributed by atoms with Crippen molar-refractivity contribution in [1.29, 1.82) is 0 Å². The minimum absolute atomic E-state index is 0.171. The van der Waals surface area contributed by atoms with E-state index >= 15 is 0 Å². The van der Waals surface area contributed by atoms with E-state index in [2.05, 4.69) is 5.10 Å². The third-order valence-electron chi connectivity index (χ3n) is 2.56. The predicted molar refractivity (Wildman–Crippen MR) is 63.4 cm³/mol. The molecule has 92 valence electrons. The van der Waals surface area contributed by atoms with Crippen molar-refractivity contribution in [3.63, 3.8) is 0 Å². The zero-order valence-electron chi connectivity index (χ0n) is 9.42. The van der Waals surface area contributed by atoms with Crippen molar-refractivity contribution in [2.75, 3.05) is 24.6 Å². The first-order chi connectivity index (χ1) is 8.09. The van der Waals surface area contributed by atoms with Gasteiger partial charge in [-0.25, -0.2) is 4.79 Å². The van der Waals surface area contributed by atoms with Crippen molar-refractivity contribution >= 4 is 23.6 Å². The summed E-state index contributed by atoms with van der Waals surface area (Å²) < 4.78 is 1.36. The Morgan fingerprint density at radius 2 is 2.06 bits per heavy atom. The SMILES string of the molecule is Cn1cc(C(=O)N2CCSCC2)c(C(=O)O)n1. The fraction of sp³-hybridized carbons (Fsp3) is 0.500. The van der Waals surface area contributed by atoms with Gasteiger partial charge in [0, 0.05) is 37.8 Å². The number of aryl methyl sites for hydroxylation is 1.